The van der Waals surface area contributed by atoms with Crippen LogP contribution in [-0.4, -0.2) is 28.7 Å². The second kappa shape index (κ2) is 2.67. The van der Waals surface area contributed by atoms with Gasteiger partial charge in [-0.25, -0.2) is 4.42 Å². The molecule has 0 saturated carbocycles. The van der Waals surface area contributed by atoms with Gasteiger partial charge in [-0.05, 0) is 24.6 Å². The molecule has 0 aromatic rings. The molecule has 48 valence electrons. The van der Waals surface area contributed by atoms with Gasteiger partial charge in [-0.3, -0.25) is 0 Å². The molecular weight excluding hydrogens is 126 g/mol. The molecule has 1 unspecified atom stereocenters. The Balaban J connectivity index is 2.23. The van der Waals surface area contributed by atoms with Crippen LogP contribution in [0.1, 0.15) is 12.8 Å². The van der Waals surface area contributed by atoms with E-state index in [9.17, 15) is 0 Å². The topological polar surface area (TPSA) is 23.5 Å². The number of halogens is 1. The van der Waals surface area contributed by atoms with Gasteiger partial charge in [-0.15, -0.1) is 0 Å². The number of aliphatic hydroxyl groups is 1. The van der Waals surface area contributed by atoms with Crippen LogP contribution in [0.2, 0.25) is 0 Å². The van der Waals surface area contributed by atoms with E-state index in [1.54, 1.807) is 4.42 Å². The molecule has 1 aliphatic rings. The van der Waals surface area contributed by atoms with Gasteiger partial charge in [0, 0.05) is 13.1 Å². The largest absolute Gasteiger partial charge is 0.392 e. The van der Waals surface area contributed by atoms with Gasteiger partial charge in [0.15, 0.2) is 0 Å². The first-order valence-electron chi connectivity index (χ1n) is 2.88. The number of rotatable bonds is 0. The molecule has 0 aromatic heterocycles. The van der Waals surface area contributed by atoms with Gasteiger partial charge in [0.1, 0.15) is 0 Å². The summed E-state index contributed by atoms with van der Waals surface area (Å²) in [4.78, 5) is 0. The van der Waals surface area contributed by atoms with Gasteiger partial charge in [-0.2, -0.15) is 0 Å². The molecule has 0 amide bonds. The van der Waals surface area contributed by atoms with Crippen LogP contribution in [0.3, 0.4) is 0 Å². The highest BCUT2D eigenvalue weighted by atomic mass is 35.5. The molecule has 0 spiro atoms. The number of piperidine rings is 1. The Labute approximate surface area is 54.2 Å². The Bertz CT molecular complexity index is 70.8. The molecule has 0 bridgehead atoms. The van der Waals surface area contributed by atoms with Crippen LogP contribution in [-0.2, 0) is 0 Å². The average molecular weight is 136 g/mol. The zero-order valence-electron chi connectivity index (χ0n) is 4.68. The Kier molecular flexibility index (Phi) is 2.11. The maximum absolute atomic E-state index is 8.95. The second-order valence-electron chi connectivity index (χ2n) is 2.16. The summed E-state index contributed by atoms with van der Waals surface area (Å²) in [5.74, 6) is 0. The molecule has 3 heteroatoms. The molecule has 1 saturated heterocycles. The molecule has 0 aromatic carbocycles. The minimum absolute atomic E-state index is 0.193. The van der Waals surface area contributed by atoms with Crippen molar-refractivity contribution < 1.29 is 5.11 Å². The summed E-state index contributed by atoms with van der Waals surface area (Å²) in [5, 5.41) is 8.95. The third-order valence-corrected chi connectivity index (χ3v) is 1.65. The highest BCUT2D eigenvalue weighted by molar-refractivity contribution is 6.13. The monoisotopic (exact) mass is 135 g/mol. The van der Waals surface area contributed by atoms with E-state index >= 15 is 0 Å². The van der Waals surface area contributed by atoms with E-state index in [1.807, 2.05) is 0 Å². The first-order chi connectivity index (χ1) is 3.79. The van der Waals surface area contributed by atoms with E-state index in [2.05, 4.69) is 0 Å². The van der Waals surface area contributed by atoms with E-state index in [-0.39, 0.29) is 6.10 Å². The lowest BCUT2D eigenvalue weighted by Gasteiger charge is -2.23. The summed E-state index contributed by atoms with van der Waals surface area (Å²) >= 11 is 5.58. The smallest absolute Gasteiger partial charge is 0.0680 e. The fraction of sp³-hybridized carbons (Fsp3) is 1.00. The van der Waals surface area contributed by atoms with Gasteiger partial charge in [-0.1, -0.05) is 0 Å². The summed E-state index contributed by atoms with van der Waals surface area (Å²) < 4.78 is 1.63. The van der Waals surface area contributed by atoms with Crippen molar-refractivity contribution in [3.63, 3.8) is 0 Å². The van der Waals surface area contributed by atoms with Gasteiger partial charge in [0.05, 0.1) is 6.10 Å². The minimum Gasteiger partial charge on any atom is -0.392 e. The lowest BCUT2D eigenvalue weighted by atomic mass is 10.1. The molecule has 1 atom stereocenters. The lowest BCUT2D eigenvalue weighted by Crippen LogP contribution is -2.31. The lowest BCUT2D eigenvalue weighted by molar-refractivity contribution is 0.109. The van der Waals surface area contributed by atoms with Crippen LogP contribution in [0.15, 0.2) is 0 Å². The number of β-amino-alcohol motifs (C(OH)–C–C–N with tert-alkyl or cyclic N) is 1. The van der Waals surface area contributed by atoms with Crippen LogP contribution < -0.4 is 0 Å². The van der Waals surface area contributed by atoms with Gasteiger partial charge < -0.3 is 5.11 Å². The van der Waals surface area contributed by atoms with Crippen LogP contribution in [0.25, 0.3) is 0 Å². The van der Waals surface area contributed by atoms with E-state index in [4.69, 9.17) is 16.9 Å². The normalized spacial score (nSPS) is 33.0. The van der Waals surface area contributed by atoms with Crippen molar-refractivity contribution in [2.24, 2.45) is 0 Å². The van der Waals surface area contributed by atoms with Crippen molar-refractivity contribution >= 4 is 11.8 Å². The minimum atomic E-state index is -0.193. The van der Waals surface area contributed by atoms with Crippen LogP contribution >= 0.6 is 11.8 Å². The maximum atomic E-state index is 8.95. The predicted molar refractivity (Wildman–Crippen MR) is 32.7 cm³/mol. The summed E-state index contributed by atoms with van der Waals surface area (Å²) in [6.07, 6.45) is 1.73. The van der Waals surface area contributed by atoms with E-state index in [0.717, 1.165) is 19.4 Å². The number of nitrogens with zero attached hydrogens (tertiary/aromatic N) is 1. The third kappa shape index (κ3) is 1.62. The number of hydrogen-bond donors (Lipinski definition) is 1. The molecule has 1 aliphatic heterocycles. The molecule has 8 heavy (non-hydrogen) atoms. The van der Waals surface area contributed by atoms with E-state index in [1.165, 1.54) is 0 Å². The van der Waals surface area contributed by atoms with Crippen molar-refractivity contribution in [1.29, 1.82) is 0 Å². The maximum Gasteiger partial charge on any atom is 0.0680 e. The SMILES string of the molecule is OC1CCCN(Cl)C1. The van der Waals surface area contributed by atoms with Crippen molar-refractivity contribution in [2.75, 3.05) is 13.1 Å². The number of hydrogen-bond acceptors (Lipinski definition) is 2. The summed E-state index contributed by atoms with van der Waals surface area (Å²) in [6.45, 7) is 1.54. The molecule has 1 N–H and O–H groups in total. The standard InChI is InChI=1S/C5H10ClNO/c6-7-3-1-2-5(8)4-7/h5,8H,1-4H2. The first kappa shape index (κ1) is 6.33. The summed E-state index contributed by atoms with van der Waals surface area (Å²) in [5.41, 5.74) is 0. The average Bonchev–Trinajstić information content (AvgIpc) is 1.64. The van der Waals surface area contributed by atoms with Crippen molar-refractivity contribution in [2.45, 2.75) is 18.9 Å². The third-order valence-electron chi connectivity index (χ3n) is 1.35. The molecule has 1 rings (SSSR count). The molecule has 0 radical (unpaired) electrons. The predicted octanol–water partition coefficient (Wildman–Crippen LogP) is 0.597. The van der Waals surface area contributed by atoms with Crippen molar-refractivity contribution in [1.82, 2.24) is 4.42 Å². The fourth-order valence-corrected chi connectivity index (χ4v) is 1.19. The Morgan fingerprint density at radius 2 is 2.38 bits per heavy atom. The Hall–Kier alpha value is 0.210. The highest BCUT2D eigenvalue weighted by Crippen LogP contribution is 2.10. The molecule has 1 fully saturated rings. The second-order valence-corrected chi connectivity index (χ2v) is 2.64. The van der Waals surface area contributed by atoms with Crippen LogP contribution in [0.5, 0.6) is 0 Å². The zero-order chi connectivity index (χ0) is 5.98. The van der Waals surface area contributed by atoms with E-state index in [0.29, 0.717) is 6.54 Å². The highest BCUT2D eigenvalue weighted by Gasteiger charge is 2.14. The van der Waals surface area contributed by atoms with Crippen LogP contribution in [0, 0.1) is 0 Å². The van der Waals surface area contributed by atoms with Gasteiger partial charge in [0.25, 0.3) is 0 Å². The molecule has 2 nitrogen and oxygen atoms in total. The first-order valence-corrected chi connectivity index (χ1v) is 3.21. The Morgan fingerprint density at radius 1 is 1.62 bits per heavy atom. The number of aliphatic hydroxyl groups excluding tert-OH is 1. The van der Waals surface area contributed by atoms with Gasteiger partial charge in [0.2, 0.25) is 0 Å². The van der Waals surface area contributed by atoms with E-state index < -0.39 is 0 Å². The molecule has 0 aliphatic carbocycles. The fourth-order valence-electron chi connectivity index (χ4n) is 0.910. The molecule has 1 heterocycles. The summed E-state index contributed by atoms with van der Waals surface area (Å²) in [6, 6.07) is 0. The Morgan fingerprint density at radius 3 is 2.75 bits per heavy atom. The zero-order valence-corrected chi connectivity index (χ0v) is 5.43. The van der Waals surface area contributed by atoms with Gasteiger partial charge >= 0.3 is 0 Å². The quantitative estimate of drug-likeness (QED) is 0.492. The summed E-state index contributed by atoms with van der Waals surface area (Å²) in [7, 11) is 0. The van der Waals surface area contributed by atoms with Crippen molar-refractivity contribution in [3.8, 4) is 0 Å². The van der Waals surface area contributed by atoms with Crippen LogP contribution in [0.4, 0.5) is 0 Å². The van der Waals surface area contributed by atoms with Crippen molar-refractivity contribution in [3.05, 3.63) is 0 Å². The molecular formula is C5H10ClNO.